The standard InChI is InChI=1S/C18H19FN6O/c1-11-7-12(2)21-15(8-11)22-18(26)14-9-20-16-3-4-17(23-25(14)16)24-6-5-13(19)10-24/h3-4,7-9,13H,5-6,10H2,1-2H3,(H,21,22,26)/t13-/m1/s1. The van der Waals surface area contributed by atoms with Crippen LogP contribution in [0.25, 0.3) is 5.65 Å². The first-order chi connectivity index (χ1) is 12.5. The third-order valence-corrected chi connectivity index (χ3v) is 4.37. The van der Waals surface area contributed by atoms with E-state index in [9.17, 15) is 9.18 Å². The van der Waals surface area contributed by atoms with E-state index in [-0.39, 0.29) is 5.91 Å². The van der Waals surface area contributed by atoms with Crippen LogP contribution in [0.15, 0.2) is 30.5 Å². The molecule has 4 rings (SSSR count). The maximum absolute atomic E-state index is 13.5. The second kappa shape index (κ2) is 6.36. The number of aryl methyl sites for hydroxylation is 2. The predicted octanol–water partition coefficient (Wildman–Crippen LogP) is 2.54. The third kappa shape index (κ3) is 3.10. The Bertz CT molecular complexity index is 965. The van der Waals surface area contributed by atoms with Crippen LogP contribution in [0.3, 0.4) is 0 Å². The molecule has 3 aromatic rings. The highest BCUT2D eigenvalue weighted by Crippen LogP contribution is 2.21. The molecule has 0 spiro atoms. The first-order valence-corrected chi connectivity index (χ1v) is 8.50. The maximum Gasteiger partial charge on any atom is 0.277 e. The summed E-state index contributed by atoms with van der Waals surface area (Å²) in [4.78, 5) is 23.1. The Morgan fingerprint density at radius 3 is 2.88 bits per heavy atom. The second-order valence-electron chi connectivity index (χ2n) is 6.56. The molecule has 0 unspecified atom stereocenters. The molecule has 1 atom stereocenters. The number of hydrogen-bond donors (Lipinski definition) is 1. The van der Waals surface area contributed by atoms with Gasteiger partial charge < -0.3 is 10.2 Å². The number of hydrogen-bond acceptors (Lipinski definition) is 5. The molecule has 1 fully saturated rings. The summed E-state index contributed by atoms with van der Waals surface area (Å²) >= 11 is 0. The zero-order valence-corrected chi connectivity index (χ0v) is 14.6. The molecule has 1 aliphatic rings. The van der Waals surface area contributed by atoms with E-state index >= 15 is 0 Å². The number of rotatable bonds is 3. The van der Waals surface area contributed by atoms with Gasteiger partial charge in [0, 0.05) is 12.2 Å². The number of halogens is 1. The molecule has 0 saturated carbocycles. The van der Waals surface area contributed by atoms with E-state index in [0.29, 0.717) is 42.5 Å². The lowest BCUT2D eigenvalue weighted by atomic mass is 10.2. The van der Waals surface area contributed by atoms with Gasteiger partial charge in [-0.1, -0.05) is 0 Å². The number of alkyl halides is 1. The average Bonchev–Trinajstić information content (AvgIpc) is 3.19. The summed E-state index contributed by atoms with van der Waals surface area (Å²) in [5, 5.41) is 7.27. The Labute approximate surface area is 149 Å². The highest BCUT2D eigenvalue weighted by molar-refractivity contribution is 6.02. The van der Waals surface area contributed by atoms with Crippen LogP contribution in [0.4, 0.5) is 16.0 Å². The minimum Gasteiger partial charge on any atom is -0.352 e. The Hall–Kier alpha value is -3.03. The highest BCUT2D eigenvalue weighted by atomic mass is 19.1. The smallest absolute Gasteiger partial charge is 0.277 e. The van der Waals surface area contributed by atoms with Gasteiger partial charge in [0.2, 0.25) is 0 Å². The fourth-order valence-corrected chi connectivity index (χ4v) is 3.20. The Kier molecular flexibility index (Phi) is 4.02. The number of carbonyl (C=O) groups is 1. The summed E-state index contributed by atoms with van der Waals surface area (Å²) in [6.45, 7) is 4.75. The number of imidazole rings is 1. The van der Waals surface area contributed by atoms with Gasteiger partial charge in [0.25, 0.3) is 5.91 Å². The molecule has 1 N–H and O–H groups in total. The summed E-state index contributed by atoms with van der Waals surface area (Å²) in [6, 6.07) is 7.32. The molecule has 1 amide bonds. The average molecular weight is 354 g/mol. The number of fused-ring (bicyclic) bond motifs is 1. The molecule has 1 saturated heterocycles. The van der Waals surface area contributed by atoms with Crippen LogP contribution in [-0.4, -0.2) is 44.8 Å². The van der Waals surface area contributed by atoms with Crippen molar-refractivity contribution in [3.8, 4) is 0 Å². The molecule has 0 aromatic carbocycles. The van der Waals surface area contributed by atoms with E-state index < -0.39 is 6.17 Å². The number of aromatic nitrogens is 4. The summed E-state index contributed by atoms with van der Waals surface area (Å²) < 4.78 is 15.0. The van der Waals surface area contributed by atoms with Crippen LogP contribution in [-0.2, 0) is 0 Å². The molecule has 1 aliphatic heterocycles. The molecule has 8 heteroatoms. The SMILES string of the molecule is Cc1cc(C)nc(NC(=O)c2cnc3ccc(N4CC[C@@H](F)C4)nn23)c1. The molecular weight excluding hydrogens is 335 g/mol. The number of nitrogens with zero attached hydrogens (tertiary/aromatic N) is 5. The second-order valence-corrected chi connectivity index (χ2v) is 6.56. The lowest BCUT2D eigenvalue weighted by Crippen LogP contribution is -2.23. The van der Waals surface area contributed by atoms with Crippen molar-refractivity contribution in [2.45, 2.75) is 26.4 Å². The van der Waals surface area contributed by atoms with E-state index in [0.717, 1.165) is 11.3 Å². The molecule has 134 valence electrons. The first-order valence-electron chi connectivity index (χ1n) is 8.50. The summed E-state index contributed by atoms with van der Waals surface area (Å²) in [5.74, 6) is 0.775. The van der Waals surface area contributed by atoms with Crippen LogP contribution in [0.1, 0.15) is 28.2 Å². The van der Waals surface area contributed by atoms with Crippen LogP contribution >= 0.6 is 0 Å². The van der Waals surface area contributed by atoms with Gasteiger partial charge in [-0.05, 0) is 50.1 Å². The zero-order chi connectivity index (χ0) is 18.3. The van der Waals surface area contributed by atoms with Crippen molar-refractivity contribution in [2.24, 2.45) is 0 Å². The van der Waals surface area contributed by atoms with Gasteiger partial charge in [0.15, 0.2) is 11.3 Å². The molecule has 0 radical (unpaired) electrons. The summed E-state index contributed by atoms with van der Waals surface area (Å²) in [5.41, 5.74) is 2.71. The number of amides is 1. The van der Waals surface area contributed by atoms with Gasteiger partial charge in [-0.25, -0.2) is 18.9 Å². The van der Waals surface area contributed by atoms with E-state index in [1.807, 2.05) is 24.8 Å². The Balaban J connectivity index is 1.64. The van der Waals surface area contributed by atoms with Crippen molar-refractivity contribution >= 4 is 23.2 Å². The monoisotopic (exact) mass is 354 g/mol. The lowest BCUT2D eigenvalue weighted by molar-refractivity contribution is 0.102. The molecule has 4 heterocycles. The molecule has 0 bridgehead atoms. The minimum atomic E-state index is -0.839. The number of carbonyl (C=O) groups excluding carboxylic acids is 1. The van der Waals surface area contributed by atoms with Crippen molar-refractivity contribution in [3.63, 3.8) is 0 Å². The summed E-state index contributed by atoms with van der Waals surface area (Å²) in [6.07, 6.45) is 1.13. The van der Waals surface area contributed by atoms with Crippen molar-refractivity contribution in [3.05, 3.63) is 47.4 Å². The van der Waals surface area contributed by atoms with E-state index in [1.165, 1.54) is 10.7 Å². The van der Waals surface area contributed by atoms with E-state index in [2.05, 4.69) is 20.4 Å². The minimum absolute atomic E-state index is 0.304. The fraction of sp³-hybridized carbons (Fsp3) is 0.333. The van der Waals surface area contributed by atoms with E-state index in [1.54, 1.807) is 18.2 Å². The quantitative estimate of drug-likeness (QED) is 0.782. The van der Waals surface area contributed by atoms with Crippen LogP contribution in [0.5, 0.6) is 0 Å². The maximum atomic E-state index is 13.5. The van der Waals surface area contributed by atoms with Crippen molar-refractivity contribution in [1.82, 2.24) is 19.6 Å². The molecule has 7 nitrogen and oxygen atoms in total. The van der Waals surface area contributed by atoms with E-state index in [4.69, 9.17) is 0 Å². The number of nitrogens with one attached hydrogen (secondary N) is 1. The zero-order valence-electron chi connectivity index (χ0n) is 14.6. The Morgan fingerprint density at radius 1 is 1.31 bits per heavy atom. The predicted molar refractivity (Wildman–Crippen MR) is 96.4 cm³/mol. The Morgan fingerprint density at radius 2 is 2.15 bits per heavy atom. The molecule has 3 aromatic heterocycles. The van der Waals surface area contributed by atoms with Crippen molar-refractivity contribution in [2.75, 3.05) is 23.3 Å². The lowest BCUT2D eigenvalue weighted by Gasteiger charge is -2.16. The van der Waals surface area contributed by atoms with Gasteiger partial charge in [-0.2, -0.15) is 0 Å². The molecular formula is C18H19FN6O. The fourth-order valence-electron chi connectivity index (χ4n) is 3.20. The van der Waals surface area contributed by atoms with Crippen molar-refractivity contribution in [1.29, 1.82) is 0 Å². The normalized spacial score (nSPS) is 17.0. The van der Waals surface area contributed by atoms with Gasteiger partial charge in [0.05, 0.1) is 12.7 Å². The van der Waals surface area contributed by atoms with Gasteiger partial charge in [-0.15, -0.1) is 5.10 Å². The van der Waals surface area contributed by atoms with Crippen molar-refractivity contribution < 1.29 is 9.18 Å². The molecule has 0 aliphatic carbocycles. The topological polar surface area (TPSA) is 75.4 Å². The van der Waals surface area contributed by atoms with Crippen LogP contribution < -0.4 is 10.2 Å². The highest BCUT2D eigenvalue weighted by Gasteiger charge is 2.24. The summed E-state index contributed by atoms with van der Waals surface area (Å²) in [7, 11) is 0. The number of pyridine rings is 1. The van der Waals surface area contributed by atoms with Gasteiger partial charge in [-0.3, -0.25) is 4.79 Å². The third-order valence-electron chi connectivity index (χ3n) is 4.37. The largest absolute Gasteiger partial charge is 0.352 e. The molecule has 26 heavy (non-hydrogen) atoms. The van der Waals surface area contributed by atoms with Gasteiger partial charge in [0.1, 0.15) is 17.8 Å². The first kappa shape index (κ1) is 16.4. The van der Waals surface area contributed by atoms with Gasteiger partial charge >= 0.3 is 0 Å². The van der Waals surface area contributed by atoms with Crippen LogP contribution in [0, 0.1) is 13.8 Å². The number of anilines is 2. The van der Waals surface area contributed by atoms with Crippen LogP contribution in [0.2, 0.25) is 0 Å².